The summed E-state index contributed by atoms with van der Waals surface area (Å²) in [5, 5.41) is 8.87. The lowest BCUT2D eigenvalue weighted by Gasteiger charge is -2.46. The second-order valence-electron chi connectivity index (χ2n) is 7.64. The van der Waals surface area contributed by atoms with E-state index in [9.17, 15) is 18.4 Å². The van der Waals surface area contributed by atoms with Gasteiger partial charge in [0.25, 0.3) is 5.91 Å². The van der Waals surface area contributed by atoms with Crippen molar-refractivity contribution in [3.05, 3.63) is 29.3 Å². The second kappa shape index (κ2) is 5.86. The van der Waals surface area contributed by atoms with Crippen molar-refractivity contribution in [2.75, 3.05) is 18.4 Å². The zero-order valence-corrected chi connectivity index (χ0v) is 14.5. The van der Waals surface area contributed by atoms with Crippen molar-refractivity contribution in [3.63, 3.8) is 0 Å². The van der Waals surface area contributed by atoms with Gasteiger partial charge in [-0.15, -0.1) is 0 Å². The van der Waals surface area contributed by atoms with Crippen molar-refractivity contribution in [1.82, 2.24) is 15.5 Å². The van der Waals surface area contributed by atoms with Crippen LogP contribution in [0.5, 0.6) is 0 Å². The molecule has 1 aromatic rings. The Morgan fingerprint density at radius 2 is 1.76 bits per heavy atom. The number of benzene rings is 1. The normalized spacial score (nSPS) is 19.1. The van der Waals surface area contributed by atoms with Crippen LogP contribution in [-0.2, 0) is 0 Å². The van der Waals surface area contributed by atoms with Gasteiger partial charge in [-0.25, -0.2) is 13.6 Å². The van der Waals surface area contributed by atoms with Crippen LogP contribution in [0.1, 0.15) is 44.0 Å². The Morgan fingerprint density at radius 3 is 2.36 bits per heavy atom. The van der Waals surface area contributed by atoms with Gasteiger partial charge in [0.15, 0.2) is 11.6 Å². The molecular formula is C17H22F2N4O2. The number of rotatable bonds is 0. The number of hydrogen-bond acceptors (Lipinski definition) is 3. The molecular weight excluding hydrogens is 330 g/mol. The Balaban J connectivity index is 1.72. The number of fused-ring (bicyclic) bond motifs is 1. The summed E-state index contributed by atoms with van der Waals surface area (Å²) < 4.78 is 26.9. The van der Waals surface area contributed by atoms with Gasteiger partial charge in [-0.05, 0) is 26.8 Å². The number of anilines is 1. The molecule has 2 heterocycles. The van der Waals surface area contributed by atoms with Gasteiger partial charge in [0.05, 0.1) is 11.3 Å². The number of halogens is 2. The number of carbonyl (C=O) groups is 2. The number of likely N-dealkylation sites (tertiary alicyclic amines) is 1. The van der Waals surface area contributed by atoms with Gasteiger partial charge in [-0.2, -0.15) is 0 Å². The molecule has 0 radical (unpaired) electrons. The van der Waals surface area contributed by atoms with E-state index in [1.54, 1.807) is 4.90 Å². The summed E-state index contributed by atoms with van der Waals surface area (Å²) in [7, 11) is 0. The summed E-state index contributed by atoms with van der Waals surface area (Å²) in [6, 6.07) is 1.74. The van der Waals surface area contributed by atoms with Crippen LogP contribution in [0, 0.1) is 11.6 Å². The third kappa shape index (κ3) is 3.52. The maximum atomic E-state index is 13.5. The monoisotopic (exact) mass is 352 g/mol. The highest BCUT2D eigenvalue weighted by Crippen LogP contribution is 2.32. The van der Waals surface area contributed by atoms with Crippen LogP contribution in [-0.4, -0.2) is 41.1 Å². The minimum Gasteiger partial charge on any atom is -0.362 e. The highest BCUT2D eigenvalue weighted by Gasteiger charge is 2.41. The van der Waals surface area contributed by atoms with E-state index in [1.165, 1.54) is 0 Å². The Morgan fingerprint density at radius 1 is 1.16 bits per heavy atom. The molecule has 3 amide bonds. The summed E-state index contributed by atoms with van der Waals surface area (Å²) in [6.45, 7) is 6.60. The standard InChI is InChI=1S/C17H22F2N4O2/c1-16(2,3)22-15(25)23-6-4-17(5-7-23)20-13-9-12(19)11(18)8-10(13)14(24)21-17/h8-9,20H,4-7H2,1-3H3,(H,21,24)(H,22,25). The second-order valence-corrected chi connectivity index (χ2v) is 7.64. The summed E-state index contributed by atoms with van der Waals surface area (Å²) >= 11 is 0. The first-order valence-corrected chi connectivity index (χ1v) is 8.25. The minimum absolute atomic E-state index is 0.0810. The summed E-state index contributed by atoms with van der Waals surface area (Å²) in [4.78, 5) is 26.2. The lowest BCUT2D eigenvalue weighted by molar-refractivity contribution is 0.0845. The van der Waals surface area contributed by atoms with Crippen LogP contribution >= 0.6 is 0 Å². The van der Waals surface area contributed by atoms with Crippen molar-refractivity contribution < 1.29 is 18.4 Å². The van der Waals surface area contributed by atoms with E-state index in [0.29, 0.717) is 25.9 Å². The molecule has 2 aliphatic rings. The molecule has 0 unspecified atom stereocenters. The molecule has 6 nitrogen and oxygen atoms in total. The van der Waals surface area contributed by atoms with Crippen molar-refractivity contribution in [1.29, 1.82) is 0 Å². The number of amides is 3. The zero-order valence-electron chi connectivity index (χ0n) is 14.5. The van der Waals surface area contributed by atoms with Gasteiger partial charge in [0.2, 0.25) is 0 Å². The van der Waals surface area contributed by atoms with Crippen LogP contribution in [0.2, 0.25) is 0 Å². The molecule has 1 saturated heterocycles. The predicted molar refractivity (Wildman–Crippen MR) is 89.3 cm³/mol. The van der Waals surface area contributed by atoms with E-state index in [1.807, 2.05) is 20.8 Å². The van der Waals surface area contributed by atoms with Crippen LogP contribution < -0.4 is 16.0 Å². The fourth-order valence-electron chi connectivity index (χ4n) is 3.15. The van der Waals surface area contributed by atoms with Crippen molar-refractivity contribution >= 4 is 17.6 Å². The zero-order chi connectivity index (χ0) is 18.4. The molecule has 1 spiro atoms. The van der Waals surface area contributed by atoms with Crippen LogP contribution in [0.25, 0.3) is 0 Å². The Labute approximate surface area is 144 Å². The van der Waals surface area contributed by atoms with E-state index >= 15 is 0 Å². The molecule has 0 aliphatic carbocycles. The fraction of sp³-hybridized carbons (Fsp3) is 0.529. The van der Waals surface area contributed by atoms with Gasteiger partial charge in [-0.3, -0.25) is 4.79 Å². The first kappa shape index (κ1) is 17.4. The molecule has 1 aromatic carbocycles. The SMILES string of the molecule is CC(C)(C)NC(=O)N1CCC2(CC1)NC(=O)c1cc(F)c(F)cc1N2. The molecule has 2 aliphatic heterocycles. The molecule has 1 fully saturated rings. The molecule has 8 heteroatoms. The molecule has 0 atom stereocenters. The van der Waals surface area contributed by atoms with Crippen LogP contribution in [0.4, 0.5) is 19.3 Å². The van der Waals surface area contributed by atoms with Gasteiger partial charge in [0.1, 0.15) is 5.66 Å². The van der Waals surface area contributed by atoms with E-state index < -0.39 is 23.2 Å². The topological polar surface area (TPSA) is 73.5 Å². The van der Waals surface area contributed by atoms with Gasteiger partial charge in [0, 0.05) is 37.5 Å². The number of nitrogens with zero attached hydrogens (tertiary/aromatic N) is 1. The maximum Gasteiger partial charge on any atom is 0.317 e. The lowest BCUT2D eigenvalue weighted by atomic mass is 9.92. The van der Waals surface area contributed by atoms with Crippen LogP contribution in [0.15, 0.2) is 12.1 Å². The van der Waals surface area contributed by atoms with Crippen LogP contribution in [0.3, 0.4) is 0 Å². The third-order valence-corrected chi connectivity index (χ3v) is 4.42. The fourth-order valence-corrected chi connectivity index (χ4v) is 3.15. The average molecular weight is 352 g/mol. The quantitative estimate of drug-likeness (QED) is 0.671. The van der Waals surface area contributed by atoms with E-state index in [0.717, 1.165) is 12.1 Å². The molecule has 3 N–H and O–H groups in total. The predicted octanol–water partition coefficient (Wildman–Crippen LogP) is 2.42. The number of hydrogen-bond donors (Lipinski definition) is 3. The number of carbonyl (C=O) groups excluding carboxylic acids is 2. The average Bonchev–Trinajstić information content (AvgIpc) is 2.48. The minimum atomic E-state index is -1.06. The summed E-state index contributed by atoms with van der Waals surface area (Å²) in [6.07, 6.45) is 0.934. The molecule has 0 bridgehead atoms. The highest BCUT2D eigenvalue weighted by atomic mass is 19.2. The Kier molecular flexibility index (Phi) is 4.09. The number of urea groups is 1. The van der Waals surface area contributed by atoms with Gasteiger partial charge >= 0.3 is 6.03 Å². The molecule has 136 valence electrons. The number of piperidine rings is 1. The lowest BCUT2D eigenvalue weighted by Crippen LogP contribution is -2.63. The highest BCUT2D eigenvalue weighted by molar-refractivity contribution is 6.02. The van der Waals surface area contributed by atoms with E-state index in [4.69, 9.17) is 0 Å². The molecule has 3 rings (SSSR count). The van der Waals surface area contributed by atoms with Crippen molar-refractivity contribution in [2.45, 2.75) is 44.8 Å². The maximum absolute atomic E-state index is 13.5. The Hall–Kier alpha value is -2.38. The first-order chi connectivity index (χ1) is 11.6. The van der Waals surface area contributed by atoms with Gasteiger partial charge in [-0.1, -0.05) is 0 Å². The first-order valence-electron chi connectivity index (χ1n) is 8.25. The van der Waals surface area contributed by atoms with E-state index in [-0.39, 0.29) is 22.8 Å². The molecule has 25 heavy (non-hydrogen) atoms. The molecule has 0 saturated carbocycles. The van der Waals surface area contributed by atoms with Crippen molar-refractivity contribution in [3.8, 4) is 0 Å². The largest absolute Gasteiger partial charge is 0.362 e. The van der Waals surface area contributed by atoms with E-state index in [2.05, 4.69) is 16.0 Å². The molecule has 0 aromatic heterocycles. The summed E-state index contributed by atoms with van der Waals surface area (Å²) in [5.41, 5.74) is -0.732. The number of nitrogens with one attached hydrogen (secondary N) is 3. The van der Waals surface area contributed by atoms with Crippen molar-refractivity contribution in [2.24, 2.45) is 0 Å². The third-order valence-electron chi connectivity index (χ3n) is 4.42. The van der Waals surface area contributed by atoms with Gasteiger partial charge < -0.3 is 20.9 Å². The summed E-state index contributed by atoms with van der Waals surface area (Å²) in [5.74, 6) is -2.50. The smallest absolute Gasteiger partial charge is 0.317 e. The Bertz CT molecular complexity index is 722.